The maximum Gasteiger partial charge on any atom is 0.268 e. The molecule has 0 aromatic carbocycles. The minimum Gasteiger partial charge on any atom is -0.315 e. The highest BCUT2D eigenvalue weighted by Gasteiger charge is 2.15. The van der Waals surface area contributed by atoms with Crippen LogP contribution >= 0.6 is 11.6 Å². The Kier molecular flexibility index (Phi) is 3.49. The predicted octanol–water partition coefficient (Wildman–Crippen LogP) is -0.177. The zero-order chi connectivity index (χ0) is 9.03. The minimum atomic E-state index is -2.27. The number of nitrogens with one attached hydrogen (secondary N) is 1. The maximum atomic E-state index is 11.7. The topological polar surface area (TPSA) is 58.5 Å². The first-order chi connectivity index (χ1) is 5.66. The third-order valence-electron chi connectivity index (χ3n) is 1.58. The quantitative estimate of drug-likeness (QED) is 0.611. The molecule has 0 aliphatic carbocycles. The van der Waals surface area contributed by atoms with Gasteiger partial charge in [0.15, 0.2) is 0 Å². The number of hydrogen-bond donors (Lipinski definition) is 1. The molecule has 12 heavy (non-hydrogen) atoms. The van der Waals surface area contributed by atoms with E-state index < -0.39 is 15.6 Å². The number of carbonyl (C=O) groups excluding carboxylic acids is 1. The van der Waals surface area contributed by atoms with Crippen LogP contribution in [0.3, 0.4) is 0 Å². The van der Waals surface area contributed by atoms with Crippen LogP contribution in [-0.4, -0.2) is 40.6 Å². The van der Waals surface area contributed by atoms with Crippen LogP contribution < -0.4 is 5.32 Å². The molecule has 1 amide bonds. The van der Waals surface area contributed by atoms with Gasteiger partial charge in [-0.1, -0.05) is 0 Å². The highest BCUT2D eigenvalue weighted by Crippen LogP contribution is 2.00. The minimum absolute atomic E-state index is 0.176. The van der Waals surface area contributed by atoms with Gasteiger partial charge in [0.1, 0.15) is 5.88 Å². The van der Waals surface area contributed by atoms with Crippen LogP contribution in [0.2, 0.25) is 0 Å². The Morgan fingerprint density at radius 3 is 2.58 bits per heavy atom. The lowest BCUT2D eigenvalue weighted by Crippen LogP contribution is -2.36. The fourth-order valence-corrected chi connectivity index (χ4v) is 2.87. The average Bonchev–Trinajstić information content (AvgIpc) is 2.05. The number of rotatable bonds is 1. The van der Waals surface area contributed by atoms with E-state index in [2.05, 4.69) is 9.68 Å². The normalized spacial score (nSPS) is 21.8. The lowest BCUT2D eigenvalue weighted by Gasteiger charge is -2.15. The summed E-state index contributed by atoms with van der Waals surface area (Å²) in [5, 5.41) is 3.05. The van der Waals surface area contributed by atoms with Gasteiger partial charge in [0.2, 0.25) is 0 Å². The second-order valence-electron chi connectivity index (χ2n) is 2.55. The molecule has 1 rings (SSSR count). The van der Waals surface area contributed by atoms with Crippen molar-refractivity contribution < 1.29 is 9.00 Å². The zero-order valence-corrected chi connectivity index (χ0v) is 8.16. The lowest BCUT2D eigenvalue weighted by atomic mass is 10.6. The Labute approximate surface area is 76.9 Å². The molecule has 1 aliphatic heterocycles. The van der Waals surface area contributed by atoms with Crippen LogP contribution in [0.15, 0.2) is 4.36 Å². The highest BCUT2D eigenvalue weighted by molar-refractivity contribution is 7.94. The van der Waals surface area contributed by atoms with Crippen molar-refractivity contribution in [3.63, 3.8) is 0 Å². The predicted molar refractivity (Wildman–Crippen MR) is 48.9 cm³/mol. The largest absolute Gasteiger partial charge is 0.315 e. The molecule has 0 aromatic rings. The summed E-state index contributed by atoms with van der Waals surface area (Å²) in [4.78, 5) is 10.8. The molecule has 0 spiro atoms. The molecule has 0 radical (unpaired) electrons. The van der Waals surface area contributed by atoms with Gasteiger partial charge in [-0.3, -0.25) is 4.79 Å². The van der Waals surface area contributed by atoms with E-state index in [1.54, 1.807) is 0 Å². The Hall–Kier alpha value is -0.130. The van der Waals surface area contributed by atoms with E-state index in [0.29, 0.717) is 24.6 Å². The van der Waals surface area contributed by atoms with Crippen molar-refractivity contribution in [2.45, 2.75) is 0 Å². The molecule has 1 fully saturated rings. The molecule has 6 heteroatoms. The zero-order valence-electron chi connectivity index (χ0n) is 6.59. The van der Waals surface area contributed by atoms with Crippen molar-refractivity contribution in [2.75, 3.05) is 30.5 Å². The second-order valence-corrected chi connectivity index (χ2v) is 5.36. The van der Waals surface area contributed by atoms with Crippen molar-refractivity contribution in [1.82, 2.24) is 5.32 Å². The van der Waals surface area contributed by atoms with Gasteiger partial charge in [0, 0.05) is 24.6 Å². The van der Waals surface area contributed by atoms with Gasteiger partial charge in [0.05, 0.1) is 9.73 Å². The summed E-state index contributed by atoms with van der Waals surface area (Å²) in [7, 11) is -2.27. The summed E-state index contributed by atoms with van der Waals surface area (Å²) in [6.45, 7) is 1.33. The average molecular weight is 211 g/mol. The number of amides is 1. The van der Waals surface area contributed by atoms with Gasteiger partial charge in [-0.05, 0) is 0 Å². The number of nitrogens with zero attached hydrogens (tertiary/aromatic N) is 1. The van der Waals surface area contributed by atoms with E-state index in [9.17, 15) is 9.00 Å². The van der Waals surface area contributed by atoms with E-state index in [4.69, 9.17) is 11.6 Å². The van der Waals surface area contributed by atoms with Gasteiger partial charge in [-0.2, -0.15) is 4.36 Å². The Bertz CT molecular complexity index is 271. The molecule has 0 atom stereocenters. The Morgan fingerprint density at radius 1 is 1.50 bits per heavy atom. The van der Waals surface area contributed by atoms with Gasteiger partial charge in [0.25, 0.3) is 5.91 Å². The standard InChI is InChI=1S/C6H11ClN2O2S/c7-5-6(10)9-12(11)3-1-8-2-4-12/h8H,1-5H2. The smallest absolute Gasteiger partial charge is 0.268 e. The van der Waals surface area contributed by atoms with E-state index in [0.717, 1.165) is 0 Å². The summed E-state index contributed by atoms with van der Waals surface area (Å²) >= 11 is 5.25. The van der Waals surface area contributed by atoms with E-state index in [1.807, 2.05) is 0 Å². The van der Waals surface area contributed by atoms with Gasteiger partial charge < -0.3 is 5.32 Å². The first-order valence-electron chi connectivity index (χ1n) is 3.68. The third-order valence-corrected chi connectivity index (χ3v) is 4.03. The van der Waals surface area contributed by atoms with Crippen molar-refractivity contribution in [3.8, 4) is 0 Å². The van der Waals surface area contributed by atoms with Gasteiger partial charge in [-0.15, -0.1) is 11.6 Å². The van der Waals surface area contributed by atoms with Crippen LogP contribution in [0, 0.1) is 0 Å². The number of alkyl halides is 1. The fraction of sp³-hybridized carbons (Fsp3) is 0.833. The number of carbonyl (C=O) groups is 1. The van der Waals surface area contributed by atoms with Crippen LogP contribution in [0.4, 0.5) is 0 Å². The van der Waals surface area contributed by atoms with E-state index in [-0.39, 0.29) is 5.88 Å². The Morgan fingerprint density at radius 2 is 2.08 bits per heavy atom. The van der Waals surface area contributed by atoms with Crippen LogP contribution in [-0.2, 0) is 14.5 Å². The number of hydrogen-bond acceptors (Lipinski definition) is 3. The third kappa shape index (κ3) is 2.73. The molecular weight excluding hydrogens is 200 g/mol. The van der Waals surface area contributed by atoms with Gasteiger partial charge >= 0.3 is 0 Å². The van der Waals surface area contributed by atoms with Crippen LogP contribution in [0.1, 0.15) is 0 Å². The summed E-state index contributed by atoms with van der Waals surface area (Å²) in [5.74, 6) is 0.263. The SMILES string of the molecule is O=C(CCl)N=S1(=O)CCNCC1. The first-order valence-corrected chi connectivity index (χ1v) is 6.07. The van der Waals surface area contributed by atoms with E-state index in [1.165, 1.54) is 0 Å². The van der Waals surface area contributed by atoms with Gasteiger partial charge in [-0.25, -0.2) is 4.21 Å². The highest BCUT2D eigenvalue weighted by atomic mass is 35.5. The molecule has 1 N–H and O–H groups in total. The van der Waals surface area contributed by atoms with Crippen molar-refractivity contribution in [2.24, 2.45) is 4.36 Å². The molecule has 4 nitrogen and oxygen atoms in total. The van der Waals surface area contributed by atoms with Crippen molar-refractivity contribution in [3.05, 3.63) is 0 Å². The second kappa shape index (κ2) is 4.20. The van der Waals surface area contributed by atoms with Crippen molar-refractivity contribution >= 4 is 27.2 Å². The molecule has 0 bridgehead atoms. The monoisotopic (exact) mass is 210 g/mol. The molecule has 1 aliphatic rings. The molecular formula is C6H11ClN2O2S. The molecule has 1 heterocycles. The first kappa shape index (κ1) is 9.95. The molecule has 0 saturated carbocycles. The molecule has 0 unspecified atom stereocenters. The summed E-state index contributed by atoms with van der Waals surface area (Å²) < 4.78 is 15.3. The molecule has 1 saturated heterocycles. The summed E-state index contributed by atoms with van der Waals surface area (Å²) in [5.41, 5.74) is 0. The maximum absolute atomic E-state index is 11.7. The van der Waals surface area contributed by atoms with Crippen molar-refractivity contribution in [1.29, 1.82) is 0 Å². The van der Waals surface area contributed by atoms with E-state index >= 15 is 0 Å². The fourth-order valence-electron chi connectivity index (χ4n) is 0.992. The molecule has 0 aromatic heterocycles. The lowest BCUT2D eigenvalue weighted by molar-refractivity contribution is -0.115. The molecule has 70 valence electrons. The van der Waals surface area contributed by atoms with Crippen LogP contribution in [0.25, 0.3) is 0 Å². The van der Waals surface area contributed by atoms with Crippen LogP contribution in [0.5, 0.6) is 0 Å². The number of halogens is 1. The summed E-state index contributed by atoms with van der Waals surface area (Å²) in [6.07, 6.45) is 0. The Balaban J connectivity index is 2.75. The summed E-state index contributed by atoms with van der Waals surface area (Å²) in [6, 6.07) is 0.